The molecule has 8 heteroatoms. The third kappa shape index (κ3) is 7.47. The number of hydrogen-bond acceptors (Lipinski definition) is 5. The zero-order chi connectivity index (χ0) is 22.1. The standard InChI is InChI=1S/C21H33N3O5/c1-5-13(4)17(21(28)29)24-19(26)16(12(2)3)23-20(27)18(25)15(22)11-14-9-7-6-8-10-14/h6-10,12-13,15-18,25H,5,11,22H2,1-4H3,(H,23,27)(H,24,26)(H,28,29)/t13-,15?,16+,17?,18+/m1/s1. The van der Waals surface area contributed by atoms with Gasteiger partial charge in [-0.1, -0.05) is 64.4 Å². The molecule has 2 unspecified atom stereocenters. The lowest BCUT2D eigenvalue weighted by molar-refractivity contribution is -0.144. The smallest absolute Gasteiger partial charge is 0.326 e. The molecular weight excluding hydrogens is 374 g/mol. The van der Waals surface area contributed by atoms with Gasteiger partial charge in [0.25, 0.3) is 5.91 Å². The lowest BCUT2D eigenvalue weighted by atomic mass is 9.96. The molecule has 8 nitrogen and oxygen atoms in total. The molecule has 0 aliphatic carbocycles. The molecule has 0 aliphatic rings. The molecule has 5 atom stereocenters. The summed E-state index contributed by atoms with van der Waals surface area (Å²) in [5.41, 5.74) is 6.84. The van der Waals surface area contributed by atoms with E-state index >= 15 is 0 Å². The molecule has 0 bridgehead atoms. The fraction of sp³-hybridized carbons (Fsp3) is 0.571. The van der Waals surface area contributed by atoms with Gasteiger partial charge < -0.3 is 26.6 Å². The molecular formula is C21H33N3O5. The van der Waals surface area contributed by atoms with Crippen LogP contribution in [-0.2, 0) is 20.8 Å². The average Bonchev–Trinajstić information content (AvgIpc) is 2.68. The highest BCUT2D eigenvalue weighted by Crippen LogP contribution is 2.11. The van der Waals surface area contributed by atoms with Crippen LogP contribution in [0.1, 0.15) is 39.7 Å². The Morgan fingerprint density at radius 1 is 1.00 bits per heavy atom. The van der Waals surface area contributed by atoms with Crippen molar-refractivity contribution in [3.8, 4) is 0 Å². The zero-order valence-electron chi connectivity index (χ0n) is 17.5. The average molecular weight is 408 g/mol. The fourth-order valence-electron chi connectivity index (χ4n) is 2.89. The lowest BCUT2D eigenvalue weighted by Crippen LogP contribution is -2.58. The van der Waals surface area contributed by atoms with Crippen LogP contribution >= 0.6 is 0 Å². The van der Waals surface area contributed by atoms with E-state index < -0.39 is 42.0 Å². The first kappa shape index (κ1) is 24.6. The van der Waals surface area contributed by atoms with E-state index in [9.17, 15) is 24.6 Å². The Balaban J connectivity index is 2.79. The normalized spacial score (nSPS) is 16.4. The first-order chi connectivity index (χ1) is 13.6. The molecule has 0 saturated carbocycles. The number of rotatable bonds is 11. The van der Waals surface area contributed by atoms with Crippen molar-refractivity contribution in [3.63, 3.8) is 0 Å². The maximum Gasteiger partial charge on any atom is 0.326 e. The summed E-state index contributed by atoms with van der Waals surface area (Å²) in [6.07, 6.45) is -0.638. The Labute approximate surface area is 171 Å². The molecule has 1 aromatic rings. The Morgan fingerprint density at radius 3 is 2.03 bits per heavy atom. The second-order valence-corrected chi connectivity index (χ2v) is 7.74. The van der Waals surface area contributed by atoms with Crippen LogP contribution < -0.4 is 16.4 Å². The van der Waals surface area contributed by atoms with Gasteiger partial charge in [-0.2, -0.15) is 0 Å². The predicted octanol–water partition coefficient (Wildman–Crippen LogP) is 0.674. The second kappa shape index (κ2) is 11.5. The molecule has 0 saturated heterocycles. The van der Waals surface area contributed by atoms with Crippen LogP contribution in [0.15, 0.2) is 30.3 Å². The molecule has 6 N–H and O–H groups in total. The van der Waals surface area contributed by atoms with Gasteiger partial charge >= 0.3 is 5.97 Å². The highest BCUT2D eigenvalue weighted by atomic mass is 16.4. The van der Waals surface area contributed by atoms with Crippen molar-refractivity contribution in [1.82, 2.24) is 10.6 Å². The van der Waals surface area contributed by atoms with E-state index in [1.165, 1.54) is 0 Å². The van der Waals surface area contributed by atoms with Gasteiger partial charge in [-0.3, -0.25) is 9.59 Å². The van der Waals surface area contributed by atoms with Crippen LogP contribution in [0.4, 0.5) is 0 Å². The number of carbonyl (C=O) groups excluding carboxylic acids is 2. The third-order valence-electron chi connectivity index (χ3n) is 5.01. The second-order valence-electron chi connectivity index (χ2n) is 7.74. The molecule has 1 aromatic carbocycles. The van der Waals surface area contributed by atoms with Crippen LogP contribution in [-0.4, -0.2) is 52.2 Å². The molecule has 29 heavy (non-hydrogen) atoms. The summed E-state index contributed by atoms with van der Waals surface area (Å²) in [6, 6.07) is 6.32. The SMILES string of the molecule is CC[C@@H](C)C(NC(=O)[C@@H](NC(=O)[C@@H](O)C(N)Cc1ccccc1)C(C)C)C(=O)O. The first-order valence-corrected chi connectivity index (χ1v) is 9.89. The number of benzene rings is 1. The van der Waals surface area contributed by atoms with Crippen LogP contribution in [0.3, 0.4) is 0 Å². The highest BCUT2D eigenvalue weighted by molar-refractivity contribution is 5.91. The molecule has 1 rings (SSSR count). The monoisotopic (exact) mass is 407 g/mol. The summed E-state index contributed by atoms with van der Waals surface area (Å²) in [5, 5.41) is 24.7. The van der Waals surface area contributed by atoms with E-state index in [1.807, 2.05) is 37.3 Å². The first-order valence-electron chi connectivity index (χ1n) is 9.89. The Hall–Kier alpha value is -2.45. The summed E-state index contributed by atoms with van der Waals surface area (Å²) >= 11 is 0. The molecule has 0 heterocycles. The Kier molecular flexibility index (Phi) is 9.77. The van der Waals surface area contributed by atoms with E-state index in [-0.39, 0.29) is 11.8 Å². The maximum absolute atomic E-state index is 12.6. The van der Waals surface area contributed by atoms with Crippen LogP contribution in [0.5, 0.6) is 0 Å². The zero-order valence-corrected chi connectivity index (χ0v) is 17.5. The molecule has 2 amide bonds. The van der Waals surface area contributed by atoms with Crippen LogP contribution in [0.2, 0.25) is 0 Å². The molecule has 0 aliphatic heterocycles. The van der Waals surface area contributed by atoms with Gasteiger partial charge in [0.05, 0.1) is 0 Å². The summed E-state index contributed by atoms with van der Waals surface area (Å²) in [6.45, 7) is 7.01. The van der Waals surface area contributed by atoms with Gasteiger partial charge in [0.1, 0.15) is 18.2 Å². The highest BCUT2D eigenvalue weighted by Gasteiger charge is 2.33. The summed E-state index contributed by atoms with van der Waals surface area (Å²) in [4.78, 5) is 36.6. The van der Waals surface area contributed by atoms with Crippen molar-refractivity contribution >= 4 is 17.8 Å². The number of amides is 2. The van der Waals surface area contributed by atoms with Gasteiger partial charge in [-0.15, -0.1) is 0 Å². The minimum absolute atomic E-state index is 0.273. The van der Waals surface area contributed by atoms with E-state index in [0.29, 0.717) is 12.8 Å². The maximum atomic E-state index is 12.6. The third-order valence-corrected chi connectivity index (χ3v) is 5.01. The number of aliphatic hydroxyl groups is 1. The van der Waals surface area contributed by atoms with Gasteiger partial charge in [0.2, 0.25) is 5.91 Å². The van der Waals surface area contributed by atoms with E-state index in [0.717, 1.165) is 5.56 Å². The number of nitrogens with two attached hydrogens (primary N) is 1. The van der Waals surface area contributed by atoms with Crippen molar-refractivity contribution in [2.24, 2.45) is 17.6 Å². The van der Waals surface area contributed by atoms with Crippen molar-refractivity contribution in [3.05, 3.63) is 35.9 Å². The summed E-state index contributed by atoms with van der Waals surface area (Å²) in [7, 11) is 0. The summed E-state index contributed by atoms with van der Waals surface area (Å²) in [5.74, 6) is -3.10. The van der Waals surface area contributed by atoms with E-state index in [1.54, 1.807) is 20.8 Å². The number of aliphatic carboxylic acids is 1. The number of carboxylic acids is 1. The Morgan fingerprint density at radius 2 is 1.55 bits per heavy atom. The van der Waals surface area contributed by atoms with Crippen LogP contribution in [0.25, 0.3) is 0 Å². The van der Waals surface area contributed by atoms with Crippen molar-refractivity contribution in [2.45, 2.75) is 64.8 Å². The minimum Gasteiger partial charge on any atom is -0.480 e. The van der Waals surface area contributed by atoms with E-state index in [2.05, 4.69) is 10.6 Å². The van der Waals surface area contributed by atoms with Gasteiger partial charge in [-0.05, 0) is 23.8 Å². The minimum atomic E-state index is -1.51. The largest absolute Gasteiger partial charge is 0.480 e. The topological polar surface area (TPSA) is 142 Å². The van der Waals surface area contributed by atoms with Gasteiger partial charge in [0, 0.05) is 6.04 Å². The van der Waals surface area contributed by atoms with Crippen molar-refractivity contribution < 1.29 is 24.6 Å². The number of aliphatic hydroxyl groups excluding tert-OH is 1. The molecule has 0 radical (unpaired) electrons. The predicted molar refractivity (Wildman–Crippen MR) is 110 cm³/mol. The fourth-order valence-corrected chi connectivity index (χ4v) is 2.89. The molecule has 0 fully saturated rings. The van der Waals surface area contributed by atoms with Gasteiger partial charge in [0.15, 0.2) is 0 Å². The number of carboxylic acid groups (broad SMARTS) is 1. The molecule has 0 aromatic heterocycles. The van der Waals surface area contributed by atoms with Crippen molar-refractivity contribution in [2.75, 3.05) is 0 Å². The van der Waals surface area contributed by atoms with Gasteiger partial charge in [-0.25, -0.2) is 4.79 Å². The molecule has 0 spiro atoms. The lowest BCUT2D eigenvalue weighted by Gasteiger charge is -2.27. The molecule has 162 valence electrons. The number of nitrogens with one attached hydrogen (secondary N) is 2. The number of carbonyl (C=O) groups is 3. The number of hydrogen-bond donors (Lipinski definition) is 5. The van der Waals surface area contributed by atoms with E-state index in [4.69, 9.17) is 5.73 Å². The van der Waals surface area contributed by atoms with Crippen LogP contribution in [0, 0.1) is 11.8 Å². The van der Waals surface area contributed by atoms with Crippen molar-refractivity contribution in [1.29, 1.82) is 0 Å². The Bertz CT molecular complexity index is 680. The quantitative estimate of drug-likeness (QED) is 0.365. The summed E-state index contributed by atoms with van der Waals surface area (Å²) < 4.78 is 0.